The first-order chi connectivity index (χ1) is 10.1. The maximum atomic E-state index is 11.9. The van der Waals surface area contributed by atoms with Gasteiger partial charge in [0.25, 0.3) is 0 Å². The van der Waals surface area contributed by atoms with Crippen LogP contribution in [0.4, 0.5) is 0 Å². The van der Waals surface area contributed by atoms with Crippen molar-refractivity contribution in [2.75, 3.05) is 0 Å². The zero-order chi connectivity index (χ0) is 14.8. The summed E-state index contributed by atoms with van der Waals surface area (Å²) in [4.78, 5) is 16.1. The lowest BCUT2D eigenvalue weighted by atomic mass is 10.1. The highest BCUT2D eigenvalue weighted by Crippen LogP contribution is 2.23. The largest absolute Gasteiger partial charge is 0.402 e. The summed E-state index contributed by atoms with van der Waals surface area (Å²) in [7, 11) is 0. The lowest BCUT2D eigenvalue weighted by Gasteiger charge is -1.99. The van der Waals surface area contributed by atoms with Crippen LogP contribution in [-0.2, 0) is 9.53 Å². The van der Waals surface area contributed by atoms with E-state index in [-0.39, 0.29) is 5.70 Å². The molecule has 0 atom stereocenters. The zero-order valence-corrected chi connectivity index (χ0v) is 12.1. The van der Waals surface area contributed by atoms with Crippen LogP contribution in [-0.4, -0.2) is 11.9 Å². The maximum absolute atomic E-state index is 11.9. The molecule has 104 valence electrons. The van der Waals surface area contributed by atoms with Gasteiger partial charge in [0.05, 0.1) is 0 Å². The molecule has 0 N–H and O–H groups in total. The monoisotopic (exact) mass is 297 g/mol. The molecule has 1 heterocycles. The Kier molecular flexibility index (Phi) is 3.59. The van der Waals surface area contributed by atoms with Gasteiger partial charge in [0.15, 0.2) is 5.70 Å². The van der Waals surface area contributed by atoms with Crippen LogP contribution >= 0.6 is 11.6 Å². The molecule has 0 unspecified atom stereocenters. The number of aryl methyl sites for hydroxylation is 1. The van der Waals surface area contributed by atoms with E-state index in [1.54, 1.807) is 12.1 Å². The third-order valence-electron chi connectivity index (χ3n) is 3.12. The van der Waals surface area contributed by atoms with Crippen molar-refractivity contribution in [3.8, 4) is 0 Å². The van der Waals surface area contributed by atoms with Crippen molar-refractivity contribution in [3.05, 3.63) is 75.9 Å². The highest BCUT2D eigenvalue weighted by atomic mass is 35.5. The average Bonchev–Trinajstić information content (AvgIpc) is 2.83. The third-order valence-corrected chi connectivity index (χ3v) is 3.46. The molecular weight excluding hydrogens is 286 g/mol. The maximum Gasteiger partial charge on any atom is 0.363 e. The summed E-state index contributed by atoms with van der Waals surface area (Å²) in [5.74, 6) is -0.149. The summed E-state index contributed by atoms with van der Waals surface area (Å²) in [5, 5.41) is 0.566. The van der Waals surface area contributed by atoms with E-state index < -0.39 is 5.97 Å². The van der Waals surface area contributed by atoms with E-state index in [1.807, 2.05) is 49.4 Å². The smallest absolute Gasteiger partial charge is 0.363 e. The number of cyclic esters (lactones) is 1. The molecular formula is C17H12ClNO2. The Morgan fingerprint density at radius 1 is 1.10 bits per heavy atom. The molecule has 0 radical (unpaired) electrons. The molecule has 21 heavy (non-hydrogen) atoms. The van der Waals surface area contributed by atoms with Gasteiger partial charge in [-0.3, -0.25) is 0 Å². The van der Waals surface area contributed by atoms with Crippen LogP contribution in [0.25, 0.3) is 6.08 Å². The number of ether oxygens (including phenoxy) is 1. The fraction of sp³-hybridized carbons (Fsp3) is 0.0588. The van der Waals surface area contributed by atoms with Crippen molar-refractivity contribution in [2.24, 2.45) is 4.99 Å². The first-order valence-electron chi connectivity index (χ1n) is 6.47. The second kappa shape index (κ2) is 5.54. The normalized spacial score (nSPS) is 16.0. The van der Waals surface area contributed by atoms with Crippen LogP contribution in [0.3, 0.4) is 0 Å². The lowest BCUT2D eigenvalue weighted by Crippen LogP contribution is -2.05. The molecule has 3 rings (SSSR count). The Hall–Kier alpha value is -2.39. The number of benzene rings is 2. The number of esters is 1. The summed E-state index contributed by atoms with van der Waals surface area (Å²) < 4.78 is 5.21. The van der Waals surface area contributed by atoms with Crippen molar-refractivity contribution >= 4 is 29.5 Å². The fourth-order valence-corrected chi connectivity index (χ4v) is 2.16. The van der Waals surface area contributed by atoms with E-state index in [0.717, 1.165) is 16.7 Å². The molecule has 1 aliphatic heterocycles. The molecule has 0 fully saturated rings. The lowest BCUT2D eigenvalue weighted by molar-refractivity contribution is -0.129. The minimum absolute atomic E-state index is 0.249. The van der Waals surface area contributed by atoms with E-state index >= 15 is 0 Å². The van der Waals surface area contributed by atoms with E-state index in [9.17, 15) is 4.79 Å². The number of hydrogen-bond donors (Lipinski definition) is 0. The molecule has 0 aromatic heterocycles. The first-order valence-corrected chi connectivity index (χ1v) is 6.85. The van der Waals surface area contributed by atoms with Gasteiger partial charge in [-0.25, -0.2) is 9.79 Å². The zero-order valence-electron chi connectivity index (χ0n) is 11.3. The van der Waals surface area contributed by atoms with Crippen molar-refractivity contribution < 1.29 is 9.53 Å². The number of nitrogens with zero attached hydrogens (tertiary/aromatic N) is 1. The predicted molar refractivity (Wildman–Crippen MR) is 83.2 cm³/mol. The molecule has 0 saturated carbocycles. The number of halogens is 1. The standard InChI is InChI=1S/C17H12ClNO2/c1-11-6-8-12(9-7-11)16-19-15(17(20)21-16)10-13-4-2-3-5-14(13)18/h2-10H,1H3/b15-10+. The summed E-state index contributed by atoms with van der Waals surface area (Å²) in [6, 6.07) is 14.9. The van der Waals surface area contributed by atoms with Crippen LogP contribution in [0.15, 0.2) is 59.2 Å². The van der Waals surface area contributed by atoms with E-state index in [4.69, 9.17) is 16.3 Å². The molecule has 2 aromatic rings. The van der Waals surface area contributed by atoms with Crippen LogP contribution in [0.1, 0.15) is 16.7 Å². The minimum atomic E-state index is -0.467. The number of rotatable bonds is 2. The average molecular weight is 298 g/mol. The highest BCUT2D eigenvalue weighted by Gasteiger charge is 2.24. The first kappa shape index (κ1) is 13.6. The van der Waals surface area contributed by atoms with Crippen LogP contribution in [0.5, 0.6) is 0 Å². The molecule has 2 aromatic carbocycles. The molecule has 3 nitrogen and oxygen atoms in total. The second-order valence-electron chi connectivity index (χ2n) is 4.72. The Bertz CT molecular complexity index is 761. The molecule has 4 heteroatoms. The van der Waals surface area contributed by atoms with Crippen molar-refractivity contribution in [2.45, 2.75) is 6.92 Å². The van der Waals surface area contributed by atoms with Crippen LogP contribution in [0, 0.1) is 6.92 Å². The van der Waals surface area contributed by atoms with Crippen molar-refractivity contribution in [3.63, 3.8) is 0 Å². The number of hydrogen-bond acceptors (Lipinski definition) is 3. The van der Waals surface area contributed by atoms with Gasteiger partial charge < -0.3 is 4.74 Å². The Labute approximate surface area is 127 Å². The third kappa shape index (κ3) is 2.88. The van der Waals surface area contributed by atoms with Gasteiger partial charge in [-0.1, -0.05) is 47.5 Å². The molecule has 0 spiro atoms. The predicted octanol–water partition coefficient (Wildman–Crippen LogP) is 3.99. The summed E-state index contributed by atoms with van der Waals surface area (Å²) >= 11 is 6.08. The quantitative estimate of drug-likeness (QED) is 0.621. The Morgan fingerprint density at radius 2 is 1.81 bits per heavy atom. The van der Waals surface area contributed by atoms with Gasteiger partial charge in [-0.15, -0.1) is 0 Å². The molecule has 0 amide bonds. The summed E-state index contributed by atoms with van der Waals surface area (Å²) in [6.45, 7) is 2.00. The minimum Gasteiger partial charge on any atom is -0.402 e. The van der Waals surface area contributed by atoms with E-state index in [0.29, 0.717) is 10.9 Å². The fourth-order valence-electron chi connectivity index (χ4n) is 1.97. The van der Waals surface area contributed by atoms with Gasteiger partial charge in [0.2, 0.25) is 5.90 Å². The molecule has 0 saturated heterocycles. The van der Waals surface area contributed by atoms with E-state index in [2.05, 4.69) is 4.99 Å². The van der Waals surface area contributed by atoms with Gasteiger partial charge in [0.1, 0.15) is 0 Å². The van der Waals surface area contributed by atoms with E-state index in [1.165, 1.54) is 0 Å². The molecule has 1 aliphatic rings. The number of carbonyl (C=O) groups excluding carboxylic acids is 1. The second-order valence-corrected chi connectivity index (χ2v) is 5.13. The van der Waals surface area contributed by atoms with Crippen molar-refractivity contribution in [1.29, 1.82) is 0 Å². The summed E-state index contributed by atoms with van der Waals surface area (Å²) in [6.07, 6.45) is 1.63. The van der Waals surface area contributed by atoms with Crippen LogP contribution < -0.4 is 0 Å². The molecule has 0 bridgehead atoms. The Morgan fingerprint density at radius 3 is 2.52 bits per heavy atom. The van der Waals surface area contributed by atoms with Crippen LogP contribution in [0.2, 0.25) is 5.02 Å². The number of carbonyl (C=O) groups is 1. The van der Waals surface area contributed by atoms with Gasteiger partial charge >= 0.3 is 5.97 Å². The van der Waals surface area contributed by atoms with Gasteiger partial charge in [-0.05, 0) is 36.8 Å². The topological polar surface area (TPSA) is 38.7 Å². The molecule has 0 aliphatic carbocycles. The Balaban J connectivity index is 1.96. The highest BCUT2D eigenvalue weighted by molar-refractivity contribution is 6.32. The van der Waals surface area contributed by atoms with Gasteiger partial charge in [-0.2, -0.15) is 0 Å². The van der Waals surface area contributed by atoms with Crippen molar-refractivity contribution in [1.82, 2.24) is 0 Å². The SMILES string of the molecule is Cc1ccc(C2=N/C(=C/c3ccccc3Cl)C(=O)O2)cc1. The summed E-state index contributed by atoms with van der Waals surface area (Å²) in [5.41, 5.74) is 2.89. The van der Waals surface area contributed by atoms with Gasteiger partial charge in [0, 0.05) is 10.6 Å². The number of aliphatic imine (C=N–C) groups is 1.